The van der Waals surface area contributed by atoms with Gasteiger partial charge in [-0.15, -0.1) is 0 Å². The molecule has 0 aliphatic carbocycles. The SMILES string of the molecule is CN1CC(COc2ccccc2)C/C1=N\CCOc1ccccc1. The van der Waals surface area contributed by atoms with Crippen LogP contribution < -0.4 is 9.47 Å². The Labute approximate surface area is 143 Å². The van der Waals surface area contributed by atoms with E-state index in [0.717, 1.165) is 36.9 Å². The van der Waals surface area contributed by atoms with E-state index in [-0.39, 0.29) is 0 Å². The summed E-state index contributed by atoms with van der Waals surface area (Å²) in [5, 5.41) is 0. The molecule has 1 atom stereocenters. The second kappa shape index (κ2) is 8.39. The molecule has 2 aromatic carbocycles. The Morgan fingerprint density at radius 3 is 2.25 bits per heavy atom. The first-order chi connectivity index (χ1) is 11.8. The topological polar surface area (TPSA) is 34.1 Å². The van der Waals surface area contributed by atoms with Gasteiger partial charge in [0.1, 0.15) is 18.1 Å². The Morgan fingerprint density at radius 2 is 1.58 bits per heavy atom. The van der Waals surface area contributed by atoms with Crippen molar-refractivity contribution >= 4 is 5.84 Å². The summed E-state index contributed by atoms with van der Waals surface area (Å²) in [5.74, 6) is 3.46. The van der Waals surface area contributed by atoms with Gasteiger partial charge in [-0.3, -0.25) is 4.99 Å². The van der Waals surface area contributed by atoms with E-state index < -0.39 is 0 Å². The highest BCUT2D eigenvalue weighted by atomic mass is 16.5. The normalized spacial score (nSPS) is 18.8. The second-order valence-corrected chi connectivity index (χ2v) is 6.03. The van der Waals surface area contributed by atoms with Gasteiger partial charge in [-0.2, -0.15) is 0 Å². The minimum absolute atomic E-state index is 0.490. The van der Waals surface area contributed by atoms with Gasteiger partial charge in [-0.05, 0) is 24.3 Å². The number of amidine groups is 1. The van der Waals surface area contributed by atoms with Crippen LogP contribution in [-0.2, 0) is 0 Å². The molecule has 0 bridgehead atoms. The number of aliphatic imine (C=N–C) groups is 1. The molecule has 1 aliphatic rings. The molecule has 0 radical (unpaired) electrons. The highest BCUT2D eigenvalue weighted by Gasteiger charge is 2.25. The third-order valence-electron chi connectivity index (χ3n) is 4.07. The van der Waals surface area contributed by atoms with Gasteiger partial charge in [0.2, 0.25) is 0 Å². The van der Waals surface area contributed by atoms with Crippen molar-refractivity contribution in [2.24, 2.45) is 10.9 Å². The predicted octanol–water partition coefficient (Wildman–Crippen LogP) is 3.49. The van der Waals surface area contributed by atoms with Crippen molar-refractivity contribution in [3.63, 3.8) is 0 Å². The van der Waals surface area contributed by atoms with Crippen molar-refractivity contribution in [2.45, 2.75) is 6.42 Å². The number of benzene rings is 2. The maximum absolute atomic E-state index is 5.86. The Bertz CT molecular complexity index is 643. The third-order valence-corrected chi connectivity index (χ3v) is 4.07. The lowest BCUT2D eigenvalue weighted by atomic mass is 10.1. The molecular formula is C20H24N2O2. The zero-order chi connectivity index (χ0) is 16.6. The summed E-state index contributed by atoms with van der Waals surface area (Å²) in [6.45, 7) is 3.01. The molecule has 1 aliphatic heterocycles. The van der Waals surface area contributed by atoms with Crippen LogP contribution in [-0.4, -0.2) is 44.1 Å². The van der Waals surface area contributed by atoms with Gasteiger partial charge in [0.25, 0.3) is 0 Å². The predicted molar refractivity (Wildman–Crippen MR) is 96.9 cm³/mol. The highest BCUT2D eigenvalue weighted by molar-refractivity contribution is 5.84. The van der Waals surface area contributed by atoms with Gasteiger partial charge in [0, 0.05) is 25.9 Å². The number of hydrogen-bond donors (Lipinski definition) is 0. The number of ether oxygens (including phenoxy) is 2. The van der Waals surface area contributed by atoms with Crippen molar-refractivity contribution in [3.05, 3.63) is 60.7 Å². The number of para-hydroxylation sites is 2. The average Bonchev–Trinajstić information content (AvgIpc) is 2.99. The molecule has 0 aromatic heterocycles. The molecule has 1 saturated heterocycles. The van der Waals surface area contributed by atoms with E-state index >= 15 is 0 Å². The summed E-state index contributed by atoms with van der Waals surface area (Å²) in [4.78, 5) is 6.91. The molecule has 1 fully saturated rings. The third kappa shape index (κ3) is 4.75. The Kier molecular flexibility index (Phi) is 5.72. The minimum atomic E-state index is 0.490. The molecule has 0 amide bonds. The van der Waals surface area contributed by atoms with Crippen molar-refractivity contribution in [2.75, 3.05) is 33.4 Å². The summed E-state index contributed by atoms with van der Waals surface area (Å²) < 4.78 is 11.5. The molecule has 3 rings (SSSR count). The molecule has 1 unspecified atom stereocenters. The van der Waals surface area contributed by atoms with Crippen molar-refractivity contribution in [1.82, 2.24) is 4.90 Å². The summed E-state index contributed by atoms with van der Waals surface area (Å²) in [6, 6.07) is 19.8. The van der Waals surface area contributed by atoms with E-state index in [2.05, 4.69) is 16.9 Å². The fourth-order valence-corrected chi connectivity index (χ4v) is 2.85. The van der Waals surface area contributed by atoms with Crippen molar-refractivity contribution < 1.29 is 9.47 Å². The van der Waals surface area contributed by atoms with Crippen LogP contribution >= 0.6 is 0 Å². The number of nitrogens with zero attached hydrogens (tertiary/aromatic N) is 2. The maximum Gasteiger partial charge on any atom is 0.119 e. The summed E-state index contributed by atoms with van der Waals surface area (Å²) in [5.41, 5.74) is 0. The number of hydrogen-bond acceptors (Lipinski definition) is 3. The summed E-state index contributed by atoms with van der Waals surface area (Å²) in [6.07, 6.45) is 0.967. The molecule has 0 N–H and O–H groups in total. The summed E-state index contributed by atoms with van der Waals surface area (Å²) >= 11 is 0. The van der Waals surface area contributed by atoms with Crippen molar-refractivity contribution in [1.29, 1.82) is 0 Å². The van der Waals surface area contributed by atoms with Crippen LogP contribution in [0.2, 0.25) is 0 Å². The first-order valence-corrected chi connectivity index (χ1v) is 8.41. The van der Waals surface area contributed by atoms with Gasteiger partial charge in [-0.25, -0.2) is 0 Å². The molecule has 126 valence electrons. The second-order valence-electron chi connectivity index (χ2n) is 6.03. The summed E-state index contributed by atoms with van der Waals surface area (Å²) in [7, 11) is 2.10. The molecule has 4 heteroatoms. The lowest BCUT2D eigenvalue weighted by Gasteiger charge is -2.13. The van der Waals surface area contributed by atoms with Gasteiger partial charge in [0.05, 0.1) is 19.0 Å². The molecule has 24 heavy (non-hydrogen) atoms. The number of likely N-dealkylation sites (tertiary alicyclic amines) is 1. The Morgan fingerprint density at radius 1 is 0.958 bits per heavy atom. The molecular weight excluding hydrogens is 300 g/mol. The molecule has 4 nitrogen and oxygen atoms in total. The molecule has 0 spiro atoms. The van der Waals surface area contributed by atoms with Gasteiger partial charge in [0.15, 0.2) is 0 Å². The monoisotopic (exact) mass is 324 g/mol. The highest BCUT2D eigenvalue weighted by Crippen LogP contribution is 2.19. The smallest absolute Gasteiger partial charge is 0.119 e. The lowest BCUT2D eigenvalue weighted by molar-refractivity contribution is 0.249. The van der Waals surface area contributed by atoms with Crippen LogP contribution in [0.4, 0.5) is 0 Å². The number of rotatable bonds is 7. The van der Waals surface area contributed by atoms with Crippen molar-refractivity contribution in [3.8, 4) is 11.5 Å². The van der Waals surface area contributed by atoms with E-state index in [1.54, 1.807) is 0 Å². The standard InChI is InChI=1S/C20H24N2O2/c1-22-15-17(16-24-19-10-6-3-7-11-19)14-20(22)21-12-13-23-18-8-4-2-5-9-18/h2-11,17H,12-16H2,1H3/b21-20+. The van der Waals surface area contributed by atoms with Crippen LogP contribution in [0.1, 0.15) is 6.42 Å². The van der Waals surface area contributed by atoms with Crippen LogP contribution in [0, 0.1) is 5.92 Å². The lowest BCUT2D eigenvalue weighted by Crippen LogP contribution is -2.21. The quantitative estimate of drug-likeness (QED) is 0.731. The molecule has 0 saturated carbocycles. The maximum atomic E-state index is 5.86. The fourth-order valence-electron chi connectivity index (χ4n) is 2.85. The van der Waals surface area contributed by atoms with E-state index in [0.29, 0.717) is 19.1 Å². The minimum Gasteiger partial charge on any atom is -0.493 e. The zero-order valence-corrected chi connectivity index (χ0v) is 14.1. The van der Waals surface area contributed by atoms with Gasteiger partial charge >= 0.3 is 0 Å². The zero-order valence-electron chi connectivity index (χ0n) is 14.1. The largest absolute Gasteiger partial charge is 0.493 e. The van der Waals surface area contributed by atoms with Crippen LogP contribution in [0.3, 0.4) is 0 Å². The van der Waals surface area contributed by atoms with E-state index in [4.69, 9.17) is 9.47 Å². The first-order valence-electron chi connectivity index (χ1n) is 8.41. The Balaban J connectivity index is 1.41. The van der Waals surface area contributed by atoms with E-state index in [1.807, 2.05) is 60.7 Å². The van der Waals surface area contributed by atoms with Crippen LogP contribution in [0.15, 0.2) is 65.7 Å². The van der Waals surface area contributed by atoms with E-state index in [9.17, 15) is 0 Å². The first kappa shape index (κ1) is 16.4. The fraction of sp³-hybridized carbons (Fsp3) is 0.350. The Hall–Kier alpha value is -2.49. The van der Waals surface area contributed by atoms with Gasteiger partial charge in [-0.1, -0.05) is 36.4 Å². The van der Waals surface area contributed by atoms with Crippen LogP contribution in [0.25, 0.3) is 0 Å². The molecule has 2 aromatic rings. The average molecular weight is 324 g/mol. The van der Waals surface area contributed by atoms with Gasteiger partial charge < -0.3 is 14.4 Å². The van der Waals surface area contributed by atoms with Crippen LogP contribution in [0.5, 0.6) is 11.5 Å². The molecule has 1 heterocycles. The van der Waals surface area contributed by atoms with E-state index in [1.165, 1.54) is 0 Å².